The number of hydrogen-bond donors (Lipinski definition) is 2. The van der Waals surface area contributed by atoms with Crippen molar-refractivity contribution in [3.8, 4) is 0 Å². The number of pyridine rings is 1. The summed E-state index contributed by atoms with van der Waals surface area (Å²) in [5.74, 6) is -1.21. The highest BCUT2D eigenvalue weighted by Crippen LogP contribution is 2.19. The van der Waals surface area contributed by atoms with Crippen LogP contribution in [0.2, 0.25) is 0 Å². The Hall–Kier alpha value is -1.88. The summed E-state index contributed by atoms with van der Waals surface area (Å²) in [6, 6.07) is 3.72. The van der Waals surface area contributed by atoms with Gasteiger partial charge in [0.25, 0.3) is 0 Å². The van der Waals surface area contributed by atoms with Crippen LogP contribution in [0.3, 0.4) is 0 Å². The fraction of sp³-hybridized carbons (Fsp3) is 0.273. The lowest BCUT2D eigenvalue weighted by atomic mass is 10.1. The second-order valence-electron chi connectivity index (χ2n) is 3.69. The molecule has 0 radical (unpaired) electrons. The molecule has 0 unspecified atom stereocenters. The number of aliphatic carboxylic acids is 1. The van der Waals surface area contributed by atoms with Gasteiger partial charge in [0.2, 0.25) is 0 Å². The smallest absolute Gasteiger partial charge is 0.332 e. The van der Waals surface area contributed by atoms with Crippen LogP contribution in [0.4, 0.5) is 0 Å². The standard InChI is InChI=1S/C11H12N2O3/c1-13-6-7(5-9(14)11(15)16)10-8(13)3-2-4-12-10/h2-4,6,9,14H,5H2,1H3,(H,15,16)/t9-/m0/s1. The number of rotatable bonds is 3. The van der Waals surface area contributed by atoms with Crippen LogP contribution >= 0.6 is 0 Å². The van der Waals surface area contributed by atoms with Crippen molar-refractivity contribution in [3.63, 3.8) is 0 Å². The lowest BCUT2D eigenvalue weighted by Gasteiger charge is -2.02. The molecule has 5 heteroatoms. The summed E-state index contributed by atoms with van der Waals surface area (Å²) in [5, 5.41) is 18.0. The first-order chi connectivity index (χ1) is 7.59. The Labute approximate surface area is 92.0 Å². The Balaban J connectivity index is 2.42. The van der Waals surface area contributed by atoms with Gasteiger partial charge < -0.3 is 14.8 Å². The molecule has 0 amide bonds. The molecule has 2 rings (SSSR count). The summed E-state index contributed by atoms with van der Waals surface area (Å²) in [7, 11) is 1.86. The summed E-state index contributed by atoms with van der Waals surface area (Å²) in [6.07, 6.45) is 2.14. The van der Waals surface area contributed by atoms with Gasteiger partial charge >= 0.3 is 5.97 Å². The van der Waals surface area contributed by atoms with Gasteiger partial charge in [-0.2, -0.15) is 0 Å². The topological polar surface area (TPSA) is 75.4 Å². The van der Waals surface area contributed by atoms with E-state index in [1.807, 2.05) is 23.7 Å². The van der Waals surface area contributed by atoms with Crippen molar-refractivity contribution in [2.75, 3.05) is 0 Å². The molecular formula is C11H12N2O3. The molecule has 0 aliphatic heterocycles. The van der Waals surface area contributed by atoms with E-state index in [1.54, 1.807) is 12.4 Å². The summed E-state index contributed by atoms with van der Waals surface area (Å²) in [4.78, 5) is 14.8. The third-order valence-corrected chi connectivity index (χ3v) is 2.52. The highest BCUT2D eigenvalue weighted by Gasteiger charge is 2.17. The minimum absolute atomic E-state index is 0.0731. The predicted molar refractivity (Wildman–Crippen MR) is 58.1 cm³/mol. The number of hydrogen-bond acceptors (Lipinski definition) is 3. The normalized spacial score (nSPS) is 12.9. The van der Waals surface area contributed by atoms with Gasteiger partial charge in [0.15, 0.2) is 6.10 Å². The Bertz CT molecular complexity index is 533. The van der Waals surface area contributed by atoms with Gasteiger partial charge in [0.1, 0.15) is 0 Å². The first kappa shape index (κ1) is 10.6. The first-order valence-corrected chi connectivity index (χ1v) is 4.89. The van der Waals surface area contributed by atoms with E-state index in [9.17, 15) is 9.90 Å². The zero-order valence-corrected chi connectivity index (χ0v) is 8.79. The van der Waals surface area contributed by atoms with Gasteiger partial charge in [-0.05, 0) is 17.7 Å². The van der Waals surface area contributed by atoms with Crippen LogP contribution in [0.15, 0.2) is 24.5 Å². The van der Waals surface area contributed by atoms with Gasteiger partial charge in [0, 0.05) is 25.9 Å². The molecule has 5 nitrogen and oxygen atoms in total. The van der Waals surface area contributed by atoms with Crippen LogP contribution in [0.1, 0.15) is 5.56 Å². The minimum Gasteiger partial charge on any atom is -0.479 e. The third kappa shape index (κ3) is 1.77. The van der Waals surface area contributed by atoms with Crippen LogP contribution in [-0.4, -0.2) is 31.8 Å². The van der Waals surface area contributed by atoms with Crippen molar-refractivity contribution < 1.29 is 15.0 Å². The lowest BCUT2D eigenvalue weighted by molar-refractivity contribution is -0.146. The van der Waals surface area contributed by atoms with Crippen molar-refractivity contribution in [3.05, 3.63) is 30.1 Å². The predicted octanol–water partition coefficient (Wildman–Crippen LogP) is 0.561. The number of carboxylic acids is 1. The van der Waals surface area contributed by atoms with Crippen molar-refractivity contribution >= 4 is 17.0 Å². The van der Waals surface area contributed by atoms with E-state index in [4.69, 9.17) is 5.11 Å². The molecule has 0 saturated heterocycles. The third-order valence-electron chi connectivity index (χ3n) is 2.52. The van der Waals surface area contributed by atoms with Gasteiger partial charge in [-0.25, -0.2) is 4.79 Å². The van der Waals surface area contributed by atoms with E-state index in [2.05, 4.69) is 4.98 Å². The van der Waals surface area contributed by atoms with E-state index in [0.29, 0.717) is 0 Å². The molecule has 2 heterocycles. The van der Waals surface area contributed by atoms with Crippen LogP contribution < -0.4 is 0 Å². The summed E-state index contributed by atoms with van der Waals surface area (Å²) < 4.78 is 1.87. The number of aliphatic hydroxyl groups excluding tert-OH is 1. The van der Waals surface area contributed by atoms with E-state index >= 15 is 0 Å². The number of aliphatic hydroxyl groups is 1. The molecule has 0 fully saturated rings. The quantitative estimate of drug-likeness (QED) is 0.792. The highest BCUT2D eigenvalue weighted by atomic mass is 16.4. The Morgan fingerprint density at radius 1 is 1.62 bits per heavy atom. The Morgan fingerprint density at radius 2 is 2.38 bits per heavy atom. The maximum Gasteiger partial charge on any atom is 0.332 e. The molecule has 84 valence electrons. The summed E-state index contributed by atoms with van der Waals surface area (Å²) >= 11 is 0. The van der Waals surface area contributed by atoms with Crippen LogP contribution in [0.5, 0.6) is 0 Å². The van der Waals surface area contributed by atoms with Crippen molar-refractivity contribution in [1.82, 2.24) is 9.55 Å². The SMILES string of the molecule is Cn1cc(C[C@H](O)C(=O)O)c2ncccc21. The molecule has 0 saturated carbocycles. The number of nitrogens with zero attached hydrogens (tertiary/aromatic N) is 2. The van der Waals surface area contributed by atoms with Crippen LogP contribution in [0, 0.1) is 0 Å². The van der Waals surface area contributed by atoms with Crippen molar-refractivity contribution in [1.29, 1.82) is 0 Å². The van der Waals surface area contributed by atoms with E-state index in [0.717, 1.165) is 16.6 Å². The van der Waals surface area contributed by atoms with E-state index in [-0.39, 0.29) is 6.42 Å². The molecule has 0 bridgehead atoms. The van der Waals surface area contributed by atoms with E-state index < -0.39 is 12.1 Å². The largest absolute Gasteiger partial charge is 0.479 e. The van der Waals surface area contributed by atoms with Crippen molar-refractivity contribution in [2.45, 2.75) is 12.5 Å². The number of aromatic nitrogens is 2. The monoisotopic (exact) mass is 220 g/mol. The first-order valence-electron chi connectivity index (χ1n) is 4.89. The maximum atomic E-state index is 10.6. The maximum absolute atomic E-state index is 10.6. The minimum atomic E-state index is -1.38. The highest BCUT2D eigenvalue weighted by molar-refractivity contribution is 5.81. The number of carbonyl (C=O) groups is 1. The zero-order valence-electron chi connectivity index (χ0n) is 8.79. The fourth-order valence-electron chi connectivity index (χ4n) is 1.74. The number of aryl methyl sites for hydroxylation is 1. The van der Waals surface area contributed by atoms with Crippen molar-refractivity contribution in [2.24, 2.45) is 7.05 Å². The molecule has 2 aromatic heterocycles. The fourth-order valence-corrected chi connectivity index (χ4v) is 1.74. The molecule has 2 N–H and O–H groups in total. The molecule has 0 aliphatic carbocycles. The average molecular weight is 220 g/mol. The molecule has 2 aromatic rings. The molecule has 1 atom stereocenters. The number of fused-ring (bicyclic) bond motifs is 1. The molecule has 0 aliphatic rings. The van der Waals surface area contributed by atoms with Crippen LogP contribution in [0.25, 0.3) is 11.0 Å². The second kappa shape index (κ2) is 3.94. The molecule has 0 aromatic carbocycles. The molecule has 0 spiro atoms. The van der Waals surface area contributed by atoms with Gasteiger partial charge in [-0.1, -0.05) is 0 Å². The van der Waals surface area contributed by atoms with Crippen LogP contribution in [-0.2, 0) is 18.3 Å². The molecule has 16 heavy (non-hydrogen) atoms. The van der Waals surface area contributed by atoms with Gasteiger partial charge in [0.05, 0.1) is 11.0 Å². The number of carboxylic acid groups (broad SMARTS) is 1. The Kier molecular flexibility index (Phi) is 2.62. The molecular weight excluding hydrogens is 208 g/mol. The zero-order chi connectivity index (χ0) is 11.7. The van der Waals surface area contributed by atoms with Gasteiger partial charge in [-0.15, -0.1) is 0 Å². The summed E-state index contributed by atoms with van der Waals surface area (Å²) in [6.45, 7) is 0. The summed E-state index contributed by atoms with van der Waals surface area (Å²) in [5.41, 5.74) is 2.41. The Morgan fingerprint density at radius 3 is 3.06 bits per heavy atom. The lowest BCUT2D eigenvalue weighted by Crippen LogP contribution is -2.21. The average Bonchev–Trinajstić information content (AvgIpc) is 2.57. The van der Waals surface area contributed by atoms with Gasteiger partial charge in [-0.3, -0.25) is 4.98 Å². The van der Waals surface area contributed by atoms with E-state index in [1.165, 1.54) is 0 Å². The second-order valence-corrected chi connectivity index (χ2v) is 3.69.